The summed E-state index contributed by atoms with van der Waals surface area (Å²) in [5, 5.41) is 8.25. The van der Waals surface area contributed by atoms with Crippen LogP contribution in [0.15, 0.2) is 0 Å². The third-order valence-electron chi connectivity index (χ3n) is 2.92. The summed E-state index contributed by atoms with van der Waals surface area (Å²) < 4.78 is 154. The van der Waals surface area contributed by atoms with Crippen LogP contribution in [0.25, 0.3) is 0 Å². The van der Waals surface area contributed by atoms with Gasteiger partial charge in [0.1, 0.15) is 0 Å². The quantitative estimate of drug-likeness (QED) is 0.669. The molecule has 0 heterocycles. The van der Waals surface area contributed by atoms with Gasteiger partial charge in [-0.1, -0.05) is 0 Å². The molecule has 126 valence electrons. The lowest BCUT2D eigenvalue weighted by Crippen LogP contribution is -2.76. The van der Waals surface area contributed by atoms with Crippen LogP contribution in [0.4, 0.5) is 52.7 Å². The van der Waals surface area contributed by atoms with E-state index in [1.807, 2.05) is 0 Å². The second kappa shape index (κ2) is 4.32. The number of aliphatic hydroxyl groups is 1. The maximum absolute atomic E-state index is 13.0. The summed E-state index contributed by atoms with van der Waals surface area (Å²) in [6.45, 7) is 0. The second-order valence-corrected chi connectivity index (χ2v) is 4.27. The highest BCUT2D eigenvalue weighted by molar-refractivity contribution is 5.16. The van der Waals surface area contributed by atoms with Crippen molar-refractivity contribution in [2.45, 2.75) is 48.1 Å². The molecule has 0 bridgehead atoms. The summed E-state index contributed by atoms with van der Waals surface area (Å²) in [5.74, 6) is -35.1. The Morgan fingerprint density at radius 2 is 0.952 bits per heavy atom. The van der Waals surface area contributed by atoms with Crippen LogP contribution in [-0.4, -0.2) is 53.2 Å². The van der Waals surface area contributed by atoms with Crippen molar-refractivity contribution in [3.05, 3.63) is 0 Å². The van der Waals surface area contributed by atoms with Crippen molar-refractivity contribution < 1.29 is 57.8 Å². The monoisotopic (exact) mass is 344 g/mol. The van der Waals surface area contributed by atoms with Crippen LogP contribution in [-0.2, 0) is 0 Å². The van der Waals surface area contributed by atoms with E-state index in [2.05, 4.69) is 0 Å². The summed E-state index contributed by atoms with van der Waals surface area (Å²) in [5.41, 5.74) is 0. The van der Waals surface area contributed by atoms with Crippen molar-refractivity contribution in [2.24, 2.45) is 0 Å². The van der Waals surface area contributed by atoms with Gasteiger partial charge in [0.25, 0.3) is 0 Å². The Hall–Kier alpha value is -0.880. The van der Waals surface area contributed by atoms with Gasteiger partial charge >= 0.3 is 29.5 Å². The van der Waals surface area contributed by atoms with Crippen LogP contribution in [0, 0.1) is 0 Å². The SMILES string of the molecule is OC1(F)C(F)C(F)C(F)C(F)(F)C(F)(F)C(F)(F)C1(F)F. The van der Waals surface area contributed by atoms with E-state index in [0.717, 1.165) is 0 Å². The molecule has 21 heavy (non-hydrogen) atoms. The van der Waals surface area contributed by atoms with Crippen molar-refractivity contribution in [2.75, 3.05) is 0 Å². The molecule has 0 spiro atoms. The molecular weight excluding hydrogens is 340 g/mol. The van der Waals surface area contributed by atoms with E-state index in [1.54, 1.807) is 0 Å². The highest BCUT2D eigenvalue weighted by atomic mass is 19.4. The zero-order chi connectivity index (χ0) is 17.2. The normalized spacial score (nSPS) is 44.7. The fourth-order valence-corrected chi connectivity index (χ4v) is 1.53. The lowest BCUT2D eigenvalue weighted by atomic mass is 9.82. The van der Waals surface area contributed by atoms with E-state index >= 15 is 0 Å². The molecule has 1 fully saturated rings. The minimum Gasteiger partial charge on any atom is -0.355 e. The molecule has 1 nitrogen and oxygen atoms in total. The predicted octanol–water partition coefficient (Wildman–Crippen LogP) is 3.21. The number of alkyl halides is 12. The van der Waals surface area contributed by atoms with Crippen LogP contribution in [0.3, 0.4) is 0 Å². The molecule has 0 aromatic heterocycles. The van der Waals surface area contributed by atoms with Gasteiger partial charge in [0.2, 0.25) is 6.17 Å². The van der Waals surface area contributed by atoms with Crippen LogP contribution < -0.4 is 0 Å². The van der Waals surface area contributed by atoms with Crippen molar-refractivity contribution in [3.8, 4) is 0 Å². The zero-order valence-corrected chi connectivity index (χ0v) is 9.21. The number of halogens is 12. The Balaban J connectivity index is 3.70. The minimum absolute atomic E-state index is 4.76. The predicted molar refractivity (Wildman–Crippen MR) is 40.5 cm³/mol. The fourth-order valence-electron chi connectivity index (χ4n) is 1.53. The Kier molecular flexibility index (Phi) is 3.74. The molecule has 1 N–H and O–H groups in total. The topological polar surface area (TPSA) is 20.2 Å². The standard InChI is InChI=1S/C8H4F12O/c9-1-2(10)4(12,13)6(15,16)8(19,20)7(17,18)5(14,21)3(1)11/h1-3,21H. The van der Waals surface area contributed by atoms with E-state index in [-0.39, 0.29) is 0 Å². The first-order valence-corrected chi connectivity index (χ1v) is 4.82. The molecule has 1 saturated carbocycles. The van der Waals surface area contributed by atoms with Crippen LogP contribution in [0.1, 0.15) is 0 Å². The van der Waals surface area contributed by atoms with Crippen LogP contribution in [0.5, 0.6) is 0 Å². The van der Waals surface area contributed by atoms with Gasteiger partial charge in [0.15, 0.2) is 12.3 Å². The minimum atomic E-state index is -7.43. The van der Waals surface area contributed by atoms with E-state index < -0.39 is 48.1 Å². The lowest BCUT2D eigenvalue weighted by Gasteiger charge is -2.45. The molecule has 1 aliphatic carbocycles. The molecule has 0 amide bonds. The molecule has 0 aliphatic heterocycles. The van der Waals surface area contributed by atoms with Gasteiger partial charge < -0.3 is 5.11 Å². The summed E-state index contributed by atoms with van der Waals surface area (Å²) in [6.07, 6.45) is -14.9. The van der Waals surface area contributed by atoms with Gasteiger partial charge in [0.05, 0.1) is 0 Å². The molecule has 1 aliphatic rings. The molecule has 4 unspecified atom stereocenters. The van der Waals surface area contributed by atoms with Gasteiger partial charge in [-0.3, -0.25) is 0 Å². The third kappa shape index (κ3) is 1.84. The molecule has 13 heteroatoms. The number of rotatable bonds is 0. The maximum atomic E-state index is 13.0. The Morgan fingerprint density at radius 1 is 0.571 bits per heavy atom. The summed E-state index contributed by atoms with van der Waals surface area (Å²) in [7, 11) is 0. The second-order valence-electron chi connectivity index (χ2n) is 4.27. The first-order valence-electron chi connectivity index (χ1n) is 4.82. The van der Waals surface area contributed by atoms with E-state index in [1.165, 1.54) is 0 Å². The lowest BCUT2D eigenvalue weighted by molar-refractivity contribution is -0.439. The summed E-state index contributed by atoms with van der Waals surface area (Å²) >= 11 is 0. The van der Waals surface area contributed by atoms with E-state index in [0.29, 0.717) is 0 Å². The Labute approximate surface area is 107 Å². The largest absolute Gasteiger partial charge is 0.384 e. The van der Waals surface area contributed by atoms with Crippen molar-refractivity contribution >= 4 is 0 Å². The molecule has 0 radical (unpaired) electrons. The molecule has 0 aromatic carbocycles. The number of hydrogen-bond donors (Lipinski definition) is 1. The van der Waals surface area contributed by atoms with Gasteiger partial charge in [0, 0.05) is 0 Å². The Morgan fingerprint density at radius 3 is 1.33 bits per heavy atom. The molecule has 0 aromatic rings. The van der Waals surface area contributed by atoms with Crippen LogP contribution >= 0.6 is 0 Å². The molecular formula is C8H4F12O. The molecule has 1 rings (SSSR count). The fraction of sp³-hybridized carbons (Fsp3) is 1.00. The van der Waals surface area contributed by atoms with Gasteiger partial charge in [-0.25, -0.2) is 17.6 Å². The maximum Gasteiger partial charge on any atom is 0.384 e. The van der Waals surface area contributed by atoms with Crippen molar-refractivity contribution in [1.82, 2.24) is 0 Å². The molecule has 0 saturated heterocycles. The zero-order valence-electron chi connectivity index (χ0n) is 9.21. The van der Waals surface area contributed by atoms with Gasteiger partial charge in [-0.2, -0.15) is 35.1 Å². The highest BCUT2D eigenvalue weighted by Gasteiger charge is 2.90. The van der Waals surface area contributed by atoms with Crippen molar-refractivity contribution in [3.63, 3.8) is 0 Å². The Bertz CT molecular complexity index is 381. The van der Waals surface area contributed by atoms with E-state index in [4.69, 9.17) is 5.11 Å². The van der Waals surface area contributed by atoms with Gasteiger partial charge in [-0.05, 0) is 0 Å². The first-order chi connectivity index (χ1) is 8.98. The van der Waals surface area contributed by atoms with Crippen LogP contribution in [0.2, 0.25) is 0 Å². The average Bonchev–Trinajstić information content (AvgIpc) is 2.33. The van der Waals surface area contributed by atoms with Crippen molar-refractivity contribution in [1.29, 1.82) is 0 Å². The first kappa shape index (κ1) is 18.2. The summed E-state index contributed by atoms with van der Waals surface area (Å²) in [4.78, 5) is 0. The highest BCUT2D eigenvalue weighted by Crippen LogP contribution is 2.60. The summed E-state index contributed by atoms with van der Waals surface area (Å²) in [6, 6.07) is 0. The smallest absolute Gasteiger partial charge is 0.355 e. The van der Waals surface area contributed by atoms with Gasteiger partial charge in [-0.15, -0.1) is 0 Å². The number of hydrogen-bond acceptors (Lipinski definition) is 1. The average molecular weight is 344 g/mol. The third-order valence-corrected chi connectivity index (χ3v) is 2.92. The molecule has 4 atom stereocenters. The van der Waals surface area contributed by atoms with E-state index in [9.17, 15) is 52.7 Å².